The molecule has 0 aromatic rings. The molecule has 0 amide bonds. The topological polar surface area (TPSA) is 62.4 Å². The first kappa shape index (κ1) is 51.5. The molecule has 3 aliphatic heterocycles. The van der Waals surface area contributed by atoms with Gasteiger partial charge in [-0.05, 0) is 124 Å². The van der Waals surface area contributed by atoms with E-state index in [-0.39, 0.29) is 0 Å². The number of methoxy groups -OCH3 is 5. The molecule has 2 aliphatic carbocycles. The van der Waals surface area contributed by atoms with Gasteiger partial charge in [0.1, 0.15) is 12.3 Å². The Bertz CT molecular complexity index is 765. The van der Waals surface area contributed by atoms with E-state index in [4.69, 9.17) is 23.7 Å². The highest BCUT2D eigenvalue weighted by atomic mass is 19.1. The fourth-order valence-electron chi connectivity index (χ4n) is 6.99. The van der Waals surface area contributed by atoms with E-state index >= 15 is 0 Å². The van der Waals surface area contributed by atoms with Crippen molar-refractivity contribution in [3.8, 4) is 0 Å². The smallest absolute Gasteiger partial charge is 0.114 e. The minimum Gasteiger partial charge on any atom is -0.385 e. The minimum atomic E-state index is -0.586. The molecule has 324 valence electrons. The summed E-state index contributed by atoms with van der Waals surface area (Å²) in [5.41, 5.74) is 0. The second-order valence-corrected chi connectivity index (χ2v) is 15.8. The van der Waals surface area contributed by atoms with E-state index in [1.807, 2.05) is 0 Å². The summed E-state index contributed by atoms with van der Waals surface area (Å²) in [5.74, 6) is 0. The van der Waals surface area contributed by atoms with Gasteiger partial charge in [-0.15, -0.1) is 0 Å². The third-order valence-corrected chi connectivity index (χ3v) is 10.4. The van der Waals surface area contributed by atoms with Crippen LogP contribution in [0.4, 0.5) is 8.78 Å². The average Bonchev–Trinajstić information content (AvgIpc) is 4.12. The highest BCUT2D eigenvalue weighted by molar-refractivity contribution is 4.94. The molecule has 1 unspecified atom stereocenters. The molecule has 0 bridgehead atoms. The lowest BCUT2D eigenvalue weighted by Gasteiger charge is -2.28. The lowest BCUT2D eigenvalue weighted by atomic mass is 10.1. The van der Waals surface area contributed by atoms with Crippen molar-refractivity contribution < 1.29 is 32.5 Å². The number of hydrogen-bond acceptors (Lipinski definition) is 10. The molecule has 12 heteroatoms. The summed E-state index contributed by atoms with van der Waals surface area (Å²) in [5, 5.41) is 0. The number of nitrogens with zero attached hydrogens (tertiary/aromatic N) is 5. The van der Waals surface area contributed by atoms with Crippen molar-refractivity contribution in [2.24, 2.45) is 0 Å². The number of ether oxygens (including phenoxy) is 5. The summed E-state index contributed by atoms with van der Waals surface area (Å²) in [4.78, 5) is 11.9. The number of likely N-dealkylation sites (tertiary alicyclic amines) is 3. The third kappa shape index (κ3) is 30.6. The fraction of sp³-hybridized carbons (Fsp3) is 1.00. The van der Waals surface area contributed by atoms with Gasteiger partial charge in [-0.3, -0.25) is 4.90 Å². The lowest BCUT2D eigenvalue weighted by molar-refractivity contribution is 0.130. The first-order chi connectivity index (χ1) is 26.3. The number of alkyl halides is 2. The van der Waals surface area contributed by atoms with Gasteiger partial charge in [0, 0.05) is 133 Å². The monoisotopic (exact) mass is 780 g/mol. The molecule has 0 spiro atoms. The molecule has 3 heterocycles. The summed E-state index contributed by atoms with van der Waals surface area (Å²) in [6, 6.07) is 1.91. The Balaban J connectivity index is 0.000000340. The van der Waals surface area contributed by atoms with Gasteiger partial charge in [-0.25, -0.2) is 8.78 Å². The van der Waals surface area contributed by atoms with Crippen molar-refractivity contribution >= 4 is 0 Å². The van der Waals surface area contributed by atoms with E-state index in [9.17, 15) is 8.78 Å². The quantitative estimate of drug-likeness (QED) is 0.118. The molecule has 0 N–H and O–H groups in total. The van der Waals surface area contributed by atoms with E-state index in [1.54, 1.807) is 35.5 Å². The molecule has 3 saturated heterocycles. The molecule has 5 aliphatic rings. The zero-order chi connectivity index (χ0) is 39.7. The van der Waals surface area contributed by atoms with E-state index in [1.165, 1.54) is 84.0 Å². The third-order valence-electron chi connectivity index (χ3n) is 10.4. The Morgan fingerprint density at radius 3 is 1.26 bits per heavy atom. The maximum atomic E-state index is 12.7. The van der Waals surface area contributed by atoms with Crippen LogP contribution in [-0.4, -0.2) is 204 Å². The number of hydrogen-bond donors (Lipinski definition) is 0. The van der Waals surface area contributed by atoms with Crippen molar-refractivity contribution in [3.05, 3.63) is 0 Å². The van der Waals surface area contributed by atoms with E-state index in [0.717, 1.165) is 104 Å². The van der Waals surface area contributed by atoms with Crippen LogP contribution in [0.25, 0.3) is 0 Å². The Morgan fingerprint density at radius 2 is 0.852 bits per heavy atom. The molecule has 0 aromatic carbocycles. The van der Waals surface area contributed by atoms with Gasteiger partial charge in [0.25, 0.3) is 0 Å². The van der Waals surface area contributed by atoms with Crippen molar-refractivity contribution in [1.82, 2.24) is 24.5 Å². The van der Waals surface area contributed by atoms with Crippen LogP contribution in [0.2, 0.25) is 0 Å². The molecular weight excluding hydrogens is 692 g/mol. The number of piperidine rings is 2. The van der Waals surface area contributed by atoms with Crippen molar-refractivity contribution in [1.29, 1.82) is 0 Å². The van der Waals surface area contributed by atoms with Crippen LogP contribution >= 0.6 is 0 Å². The molecule has 0 aromatic heterocycles. The zero-order valence-electron chi connectivity index (χ0n) is 36.3. The van der Waals surface area contributed by atoms with Crippen LogP contribution < -0.4 is 0 Å². The molecule has 5 rings (SSSR count). The predicted octanol–water partition coefficient (Wildman–Crippen LogP) is 6.27. The van der Waals surface area contributed by atoms with Crippen LogP contribution in [0.1, 0.15) is 96.3 Å². The van der Waals surface area contributed by atoms with Crippen LogP contribution in [0.3, 0.4) is 0 Å². The zero-order valence-corrected chi connectivity index (χ0v) is 36.3. The summed E-state index contributed by atoms with van der Waals surface area (Å²) in [6.45, 7) is 16.0. The first-order valence-corrected chi connectivity index (χ1v) is 21.6. The van der Waals surface area contributed by atoms with Gasteiger partial charge in [0.05, 0.1) is 0 Å². The minimum absolute atomic E-state index is 0.552. The van der Waals surface area contributed by atoms with Gasteiger partial charge in [-0.1, -0.05) is 6.42 Å². The summed E-state index contributed by atoms with van der Waals surface area (Å²) >= 11 is 0. The molecule has 54 heavy (non-hydrogen) atoms. The maximum Gasteiger partial charge on any atom is 0.114 e. The van der Waals surface area contributed by atoms with Gasteiger partial charge >= 0.3 is 0 Å². The Labute approximate surface area is 331 Å². The molecule has 2 saturated carbocycles. The van der Waals surface area contributed by atoms with Crippen molar-refractivity contribution in [2.75, 3.05) is 155 Å². The van der Waals surface area contributed by atoms with Gasteiger partial charge in [-0.2, -0.15) is 0 Å². The molecule has 1 atom stereocenters. The first-order valence-electron chi connectivity index (χ1n) is 21.6. The largest absolute Gasteiger partial charge is 0.385 e. The summed E-state index contributed by atoms with van der Waals surface area (Å²) < 4.78 is 50.1. The summed E-state index contributed by atoms with van der Waals surface area (Å²) in [7, 11) is 12.8. The number of rotatable bonds is 22. The van der Waals surface area contributed by atoms with E-state index < -0.39 is 12.3 Å². The summed E-state index contributed by atoms with van der Waals surface area (Å²) in [6.07, 6.45) is 16.6. The van der Waals surface area contributed by atoms with Crippen LogP contribution in [0.15, 0.2) is 0 Å². The Hall–Kier alpha value is -0.540. The normalized spacial score (nSPS) is 21.1. The van der Waals surface area contributed by atoms with Crippen molar-refractivity contribution in [2.45, 2.75) is 121 Å². The van der Waals surface area contributed by atoms with E-state index in [2.05, 4.69) is 38.6 Å². The second kappa shape index (κ2) is 35.6. The maximum absolute atomic E-state index is 12.7. The van der Waals surface area contributed by atoms with Crippen molar-refractivity contribution in [3.63, 3.8) is 0 Å². The highest BCUT2D eigenvalue weighted by Gasteiger charge is 2.38. The number of halogens is 2. The predicted molar refractivity (Wildman–Crippen MR) is 221 cm³/mol. The van der Waals surface area contributed by atoms with Crippen LogP contribution in [0.5, 0.6) is 0 Å². The van der Waals surface area contributed by atoms with Gasteiger partial charge in [0.15, 0.2) is 0 Å². The van der Waals surface area contributed by atoms with Gasteiger partial charge in [0.2, 0.25) is 0 Å². The molecule has 10 nitrogen and oxygen atoms in total. The molecule has 0 radical (unpaired) electrons. The standard InChI is InChI=1S/C10H19NO.C9H18FNO.C9H19NO.C8H16FNO.C6H15NO/c1-12-8-2-7-11(9-3-4-9)10-5-6-10;1-12-8-2-5-11-6-3-9(10)4-7-11;1-11-9-5-8-10-6-3-2-4-7-10;1-11-6-2-4-10-5-3-8(9)7-10;1-7(2)5-4-6-8-3/h9-10H,2-8H2,1H3;9H,2-8H2,1H3;2-9H2,1H3;8H,2-7H2,1H3;4-6H2,1-3H3. The van der Waals surface area contributed by atoms with E-state index in [0.29, 0.717) is 25.8 Å². The highest BCUT2D eigenvalue weighted by Crippen LogP contribution is 2.37. The SMILES string of the molecule is COCCCN(C)C.COCCCN(C1CC1)C1CC1.COCCCN1CCC(F)C1.COCCCN1CCC(F)CC1.COCCCN1CCCCC1. The van der Waals surface area contributed by atoms with Crippen LogP contribution in [-0.2, 0) is 23.7 Å². The lowest BCUT2D eigenvalue weighted by Crippen LogP contribution is -2.35. The Kier molecular flexibility index (Phi) is 33.9. The average molecular weight is 780 g/mol. The van der Waals surface area contributed by atoms with Gasteiger partial charge < -0.3 is 43.3 Å². The molecular formula is C42H87F2N5O5. The Morgan fingerprint density at radius 1 is 0.463 bits per heavy atom. The second-order valence-electron chi connectivity index (χ2n) is 15.8. The fourth-order valence-corrected chi connectivity index (χ4v) is 6.99. The molecule has 5 fully saturated rings. The van der Waals surface area contributed by atoms with Crippen LogP contribution in [0, 0.1) is 0 Å².